The van der Waals surface area contributed by atoms with Gasteiger partial charge >= 0.3 is 0 Å². The Labute approximate surface area is 198 Å². The van der Waals surface area contributed by atoms with Gasteiger partial charge in [0.05, 0.1) is 5.69 Å². The third-order valence-electron chi connectivity index (χ3n) is 6.55. The van der Waals surface area contributed by atoms with E-state index in [-0.39, 0.29) is 18.2 Å². The van der Waals surface area contributed by atoms with Crippen LogP contribution in [0.4, 0.5) is 0 Å². The summed E-state index contributed by atoms with van der Waals surface area (Å²) >= 11 is 0. The molecule has 3 amide bonds. The number of amides is 3. The molecule has 0 saturated carbocycles. The van der Waals surface area contributed by atoms with Gasteiger partial charge in [-0.05, 0) is 59.9 Å². The summed E-state index contributed by atoms with van der Waals surface area (Å²) in [5.74, 6) is -0.851. The maximum absolute atomic E-state index is 12.9. The van der Waals surface area contributed by atoms with Crippen LogP contribution < -0.4 is 10.6 Å². The van der Waals surface area contributed by atoms with Gasteiger partial charge in [0.25, 0.3) is 5.91 Å². The van der Waals surface area contributed by atoms with Crippen molar-refractivity contribution in [3.8, 4) is 11.3 Å². The number of pyridine rings is 1. The number of carbonyl (C=O) groups excluding carboxylic acids is 3. The summed E-state index contributed by atoms with van der Waals surface area (Å²) in [6.07, 6.45) is 2.40. The summed E-state index contributed by atoms with van der Waals surface area (Å²) in [6, 6.07) is 17.5. The van der Waals surface area contributed by atoms with E-state index in [1.165, 1.54) is 11.1 Å². The normalized spacial score (nSPS) is 17.6. The molecule has 0 radical (unpaired) electrons. The number of aromatic nitrogens is 1. The monoisotopic (exact) mass is 454 g/mol. The van der Waals surface area contributed by atoms with Crippen molar-refractivity contribution in [1.29, 1.82) is 0 Å². The van der Waals surface area contributed by atoms with Crippen molar-refractivity contribution >= 4 is 17.7 Å². The average molecular weight is 455 g/mol. The number of nitrogens with one attached hydrogen (secondary N) is 2. The predicted octanol–water partition coefficient (Wildman–Crippen LogP) is 3.11. The molecule has 2 aromatic carbocycles. The SMILES string of the molecule is Cc1ccccc1CNCc1ccnc(-c2ccc3c(c2)CN(C2CCC(=O)NC2=O)C3=O)c1. The van der Waals surface area contributed by atoms with Crippen molar-refractivity contribution in [2.24, 2.45) is 0 Å². The first-order chi connectivity index (χ1) is 16.5. The van der Waals surface area contributed by atoms with Gasteiger partial charge in [-0.25, -0.2) is 0 Å². The molecule has 1 unspecified atom stereocenters. The summed E-state index contributed by atoms with van der Waals surface area (Å²) in [7, 11) is 0. The Hall–Kier alpha value is -3.84. The van der Waals surface area contributed by atoms with Crippen LogP contribution in [-0.2, 0) is 29.2 Å². The van der Waals surface area contributed by atoms with E-state index in [9.17, 15) is 14.4 Å². The lowest BCUT2D eigenvalue weighted by Crippen LogP contribution is -2.52. The van der Waals surface area contributed by atoms with Gasteiger partial charge in [0, 0.05) is 43.4 Å². The number of hydrogen-bond acceptors (Lipinski definition) is 5. The molecular formula is C27H26N4O3. The van der Waals surface area contributed by atoms with E-state index >= 15 is 0 Å². The molecule has 5 rings (SSSR count). The fourth-order valence-electron chi connectivity index (χ4n) is 4.63. The molecule has 3 aromatic rings. The molecule has 172 valence electrons. The molecule has 1 fully saturated rings. The maximum atomic E-state index is 12.9. The van der Waals surface area contributed by atoms with E-state index in [1.54, 1.807) is 11.1 Å². The zero-order valence-corrected chi connectivity index (χ0v) is 19.0. The molecule has 0 aliphatic carbocycles. The second-order valence-electron chi connectivity index (χ2n) is 8.85. The third kappa shape index (κ3) is 4.34. The maximum Gasteiger partial charge on any atom is 0.255 e. The van der Waals surface area contributed by atoms with Crippen LogP contribution in [0, 0.1) is 6.92 Å². The molecule has 2 aliphatic rings. The average Bonchev–Trinajstić information content (AvgIpc) is 3.16. The Morgan fingerprint density at radius 3 is 2.74 bits per heavy atom. The second kappa shape index (κ2) is 9.19. The fourth-order valence-corrected chi connectivity index (χ4v) is 4.63. The largest absolute Gasteiger partial charge is 0.322 e. The number of imide groups is 1. The van der Waals surface area contributed by atoms with Gasteiger partial charge in [-0.3, -0.25) is 24.7 Å². The molecule has 7 heteroatoms. The highest BCUT2D eigenvalue weighted by Gasteiger charge is 2.39. The van der Waals surface area contributed by atoms with Crippen molar-refractivity contribution in [3.05, 3.63) is 88.6 Å². The molecule has 1 aromatic heterocycles. The number of benzene rings is 2. The van der Waals surface area contributed by atoms with E-state index in [0.717, 1.165) is 35.5 Å². The molecule has 2 N–H and O–H groups in total. The Kier molecular flexibility index (Phi) is 5.94. The Bertz CT molecular complexity index is 1290. The van der Waals surface area contributed by atoms with Crippen LogP contribution in [0.5, 0.6) is 0 Å². The highest BCUT2D eigenvalue weighted by atomic mass is 16.2. The topological polar surface area (TPSA) is 91.4 Å². The first kappa shape index (κ1) is 22.0. The van der Waals surface area contributed by atoms with Gasteiger partial charge in [-0.15, -0.1) is 0 Å². The van der Waals surface area contributed by atoms with E-state index in [0.29, 0.717) is 18.5 Å². The summed E-state index contributed by atoms with van der Waals surface area (Å²) < 4.78 is 0. The minimum Gasteiger partial charge on any atom is -0.322 e. The zero-order valence-electron chi connectivity index (χ0n) is 19.0. The Balaban J connectivity index is 1.29. The number of rotatable bonds is 6. The van der Waals surface area contributed by atoms with Crippen LogP contribution in [0.3, 0.4) is 0 Å². The molecule has 1 saturated heterocycles. The molecule has 0 spiro atoms. The van der Waals surface area contributed by atoms with Crippen molar-refractivity contribution in [2.45, 2.75) is 45.4 Å². The van der Waals surface area contributed by atoms with Gasteiger partial charge in [0.2, 0.25) is 11.8 Å². The predicted molar refractivity (Wildman–Crippen MR) is 127 cm³/mol. The first-order valence-electron chi connectivity index (χ1n) is 11.5. The Morgan fingerprint density at radius 2 is 1.91 bits per heavy atom. The highest BCUT2D eigenvalue weighted by molar-refractivity contribution is 6.05. The lowest BCUT2D eigenvalue weighted by Gasteiger charge is -2.29. The number of fused-ring (bicyclic) bond motifs is 1. The number of nitrogens with zero attached hydrogens (tertiary/aromatic N) is 2. The zero-order chi connectivity index (χ0) is 23.7. The molecule has 3 heterocycles. The standard InChI is InChI=1S/C27H26N4O3/c1-17-4-2-3-5-20(17)15-28-14-18-10-11-29-23(12-18)19-6-7-22-21(13-19)16-31(27(22)34)24-8-9-25(32)30-26(24)33/h2-7,10-13,24,28H,8-9,14-16H2,1H3,(H,30,32,33). The van der Waals surface area contributed by atoms with Gasteiger partial charge in [-0.2, -0.15) is 0 Å². The van der Waals surface area contributed by atoms with Crippen LogP contribution >= 0.6 is 0 Å². The smallest absolute Gasteiger partial charge is 0.255 e. The Morgan fingerprint density at radius 1 is 1.06 bits per heavy atom. The summed E-state index contributed by atoms with van der Waals surface area (Å²) in [4.78, 5) is 42.8. The van der Waals surface area contributed by atoms with E-state index in [2.05, 4.69) is 46.8 Å². The lowest BCUT2D eigenvalue weighted by molar-refractivity contribution is -0.136. The molecule has 2 aliphatic heterocycles. The summed E-state index contributed by atoms with van der Waals surface area (Å²) in [5.41, 5.74) is 6.91. The molecule has 1 atom stereocenters. The minimum absolute atomic E-state index is 0.168. The van der Waals surface area contributed by atoms with Crippen LogP contribution in [0.15, 0.2) is 60.8 Å². The van der Waals surface area contributed by atoms with Gasteiger partial charge in [0.15, 0.2) is 0 Å². The molecule has 34 heavy (non-hydrogen) atoms. The number of carbonyl (C=O) groups is 3. The minimum atomic E-state index is -0.609. The van der Waals surface area contributed by atoms with Crippen molar-refractivity contribution in [3.63, 3.8) is 0 Å². The summed E-state index contributed by atoms with van der Waals surface area (Å²) in [5, 5.41) is 5.83. The van der Waals surface area contributed by atoms with Crippen molar-refractivity contribution in [1.82, 2.24) is 20.5 Å². The molecule has 7 nitrogen and oxygen atoms in total. The molecular weight excluding hydrogens is 428 g/mol. The van der Waals surface area contributed by atoms with Crippen LogP contribution in [0.2, 0.25) is 0 Å². The highest BCUT2D eigenvalue weighted by Crippen LogP contribution is 2.30. The quantitative estimate of drug-likeness (QED) is 0.559. The van der Waals surface area contributed by atoms with Crippen molar-refractivity contribution < 1.29 is 14.4 Å². The van der Waals surface area contributed by atoms with Crippen LogP contribution in [-0.4, -0.2) is 33.6 Å². The van der Waals surface area contributed by atoms with Crippen LogP contribution in [0.1, 0.15) is 45.5 Å². The van der Waals surface area contributed by atoms with Gasteiger partial charge < -0.3 is 10.2 Å². The number of aryl methyl sites for hydroxylation is 1. The second-order valence-corrected chi connectivity index (χ2v) is 8.85. The van der Waals surface area contributed by atoms with Gasteiger partial charge in [0.1, 0.15) is 6.04 Å². The van der Waals surface area contributed by atoms with Gasteiger partial charge in [-0.1, -0.05) is 30.3 Å². The van der Waals surface area contributed by atoms with Crippen LogP contribution in [0.25, 0.3) is 11.3 Å². The fraction of sp³-hybridized carbons (Fsp3) is 0.259. The summed E-state index contributed by atoms with van der Waals surface area (Å²) in [6.45, 7) is 3.98. The molecule has 0 bridgehead atoms. The lowest BCUT2D eigenvalue weighted by atomic mass is 10.0. The van der Waals surface area contributed by atoms with Crippen molar-refractivity contribution in [2.75, 3.05) is 0 Å². The first-order valence-corrected chi connectivity index (χ1v) is 11.5. The van der Waals surface area contributed by atoms with E-state index in [1.807, 2.05) is 30.3 Å². The van der Waals surface area contributed by atoms with E-state index in [4.69, 9.17) is 0 Å². The number of hydrogen-bond donors (Lipinski definition) is 2. The number of piperidine rings is 1. The van der Waals surface area contributed by atoms with E-state index < -0.39 is 11.9 Å². The third-order valence-corrected chi connectivity index (χ3v) is 6.55.